The van der Waals surface area contributed by atoms with Crippen molar-refractivity contribution in [1.29, 1.82) is 0 Å². The lowest BCUT2D eigenvalue weighted by molar-refractivity contribution is 0.590. The Labute approximate surface area is 151 Å². The van der Waals surface area contributed by atoms with Gasteiger partial charge in [0.1, 0.15) is 5.82 Å². The van der Waals surface area contributed by atoms with Crippen LogP contribution in [0.4, 0.5) is 0 Å². The van der Waals surface area contributed by atoms with Gasteiger partial charge in [-0.05, 0) is 40.3 Å². The zero-order valence-electron chi connectivity index (χ0n) is 14.2. The molecule has 0 atom stereocenters. The Morgan fingerprint density at radius 2 is 1.58 bits per heavy atom. The number of hydrogen-bond donors (Lipinski definition) is 1. The van der Waals surface area contributed by atoms with E-state index in [2.05, 4.69) is 89.1 Å². The highest BCUT2D eigenvalue weighted by Gasteiger charge is 2.13. The molecule has 0 unspecified atom stereocenters. The van der Waals surface area contributed by atoms with Crippen LogP contribution in [0.15, 0.2) is 59.2 Å². The number of rotatable bonds is 3. The highest BCUT2D eigenvalue weighted by Crippen LogP contribution is 2.25. The molecule has 24 heavy (non-hydrogen) atoms. The lowest BCUT2D eigenvalue weighted by atomic mass is 9.86. The molecule has 122 valence electrons. The number of nitrogens with zero attached hydrogens (tertiary/aromatic N) is 1. The van der Waals surface area contributed by atoms with Crippen molar-refractivity contribution in [3.63, 3.8) is 0 Å². The summed E-state index contributed by atoms with van der Waals surface area (Å²) >= 11 is 3.45. The second-order valence-corrected chi connectivity index (χ2v) is 7.81. The molecule has 0 saturated carbocycles. The molecule has 3 aromatic rings. The van der Waals surface area contributed by atoms with Crippen LogP contribution in [0.3, 0.4) is 0 Å². The van der Waals surface area contributed by atoms with Gasteiger partial charge in [0.2, 0.25) is 0 Å². The topological polar surface area (TPSA) is 28.7 Å². The van der Waals surface area contributed by atoms with Gasteiger partial charge in [0, 0.05) is 4.47 Å². The summed E-state index contributed by atoms with van der Waals surface area (Å²) in [4.78, 5) is 7.81. The Morgan fingerprint density at radius 1 is 0.917 bits per heavy atom. The molecule has 0 fully saturated rings. The lowest BCUT2D eigenvalue weighted by Gasteiger charge is -2.18. The summed E-state index contributed by atoms with van der Waals surface area (Å²) in [5, 5.41) is 0. The minimum atomic E-state index is 0.172. The number of benzene rings is 2. The van der Waals surface area contributed by atoms with Crippen LogP contribution in [0.25, 0.3) is 23.4 Å². The summed E-state index contributed by atoms with van der Waals surface area (Å²) < 4.78 is 1.08. The second-order valence-electron chi connectivity index (χ2n) is 6.89. The molecular weight excluding hydrogens is 360 g/mol. The first-order chi connectivity index (χ1) is 11.4. The third kappa shape index (κ3) is 4.04. The van der Waals surface area contributed by atoms with E-state index in [0.717, 1.165) is 27.1 Å². The number of halogens is 1. The first-order valence-electron chi connectivity index (χ1n) is 8.01. The maximum atomic E-state index is 4.44. The minimum absolute atomic E-state index is 0.172. The van der Waals surface area contributed by atoms with Crippen LogP contribution >= 0.6 is 15.9 Å². The number of imidazole rings is 1. The van der Waals surface area contributed by atoms with E-state index >= 15 is 0 Å². The van der Waals surface area contributed by atoms with Crippen molar-refractivity contribution >= 4 is 28.1 Å². The van der Waals surface area contributed by atoms with Gasteiger partial charge in [-0.15, -0.1) is 0 Å². The normalized spacial score (nSPS) is 12.0. The zero-order valence-corrected chi connectivity index (χ0v) is 15.8. The molecule has 2 aromatic carbocycles. The first-order valence-corrected chi connectivity index (χ1v) is 8.81. The van der Waals surface area contributed by atoms with Crippen LogP contribution in [-0.2, 0) is 5.41 Å². The fraction of sp³-hybridized carbons (Fsp3) is 0.190. The van der Waals surface area contributed by atoms with Crippen molar-refractivity contribution in [3.05, 3.63) is 76.2 Å². The molecule has 3 rings (SSSR count). The van der Waals surface area contributed by atoms with E-state index in [1.54, 1.807) is 0 Å². The van der Waals surface area contributed by atoms with E-state index in [1.807, 2.05) is 24.4 Å². The third-order valence-corrected chi connectivity index (χ3v) is 4.49. The number of aromatic amines is 1. The molecule has 1 N–H and O–H groups in total. The molecule has 0 aliphatic heterocycles. The highest BCUT2D eigenvalue weighted by atomic mass is 79.9. The van der Waals surface area contributed by atoms with Crippen molar-refractivity contribution in [1.82, 2.24) is 9.97 Å². The molecule has 3 heteroatoms. The SMILES string of the molecule is CC(C)(C)c1ccc(-c2cnc(C=Cc3ccc(Br)cc3)[nH]2)cc1. The fourth-order valence-electron chi connectivity index (χ4n) is 2.47. The van der Waals surface area contributed by atoms with E-state index in [9.17, 15) is 0 Å². The smallest absolute Gasteiger partial charge is 0.130 e. The molecular formula is C21H21BrN2. The zero-order chi connectivity index (χ0) is 17.2. The quantitative estimate of drug-likeness (QED) is 0.566. The molecule has 1 aromatic heterocycles. The van der Waals surface area contributed by atoms with Gasteiger partial charge in [0.25, 0.3) is 0 Å². The first kappa shape index (κ1) is 16.7. The number of hydrogen-bond acceptors (Lipinski definition) is 1. The summed E-state index contributed by atoms with van der Waals surface area (Å²) in [5.74, 6) is 0.854. The standard InChI is InChI=1S/C21H21BrN2/c1-21(2,3)17-9-7-16(8-10-17)19-14-23-20(24-19)13-6-15-4-11-18(22)12-5-15/h4-14H,1-3H3,(H,23,24). The van der Waals surface area contributed by atoms with E-state index in [1.165, 1.54) is 5.56 Å². The van der Waals surface area contributed by atoms with Gasteiger partial charge in [0.15, 0.2) is 0 Å². The minimum Gasteiger partial charge on any atom is -0.338 e. The van der Waals surface area contributed by atoms with Gasteiger partial charge >= 0.3 is 0 Å². The highest BCUT2D eigenvalue weighted by molar-refractivity contribution is 9.10. The van der Waals surface area contributed by atoms with Gasteiger partial charge in [-0.2, -0.15) is 0 Å². The molecule has 0 amide bonds. The van der Waals surface area contributed by atoms with Gasteiger partial charge in [-0.1, -0.05) is 79.2 Å². The van der Waals surface area contributed by atoms with Gasteiger partial charge < -0.3 is 4.98 Å². The number of aromatic nitrogens is 2. The molecule has 0 spiro atoms. The average Bonchev–Trinajstić information content (AvgIpc) is 3.03. The molecule has 2 nitrogen and oxygen atoms in total. The van der Waals surface area contributed by atoms with Gasteiger partial charge in [-0.25, -0.2) is 4.98 Å². The largest absolute Gasteiger partial charge is 0.338 e. The summed E-state index contributed by atoms with van der Waals surface area (Å²) in [5.41, 5.74) is 4.84. The Morgan fingerprint density at radius 3 is 2.21 bits per heavy atom. The van der Waals surface area contributed by atoms with Gasteiger partial charge in [0.05, 0.1) is 11.9 Å². The van der Waals surface area contributed by atoms with E-state index in [4.69, 9.17) is 0 Å². The van der Waals surface area contributed by atoms with E-state index in [0.29, 0.717) is 0 Å². The number of H-pyrrole nitrogens is 1. The summed E-state index contributed by atoms with van der Waals surface area (Å²) in [7, 11) is 0. The maximum Gasteiger partial charge on any atom is 0.130 e. The van der Waals surface area contributed by atoms with Crippen molar-refractivity contribution in [3.8, 4) is 11.3 Å². The summed E-state index contributed by atoms with van der Waals surface area (Å²) in [6, 6.07) is 16.9. The predicted octanol–water partition coefficient (Wildman–Crippen LogP) is 6.31. The second kappa shape index (κ2) is 6.78. The summed E-state index contributed by atoms with van der Waals surface area (Å²) in [6.45, 7) is 6.68. The fourth-order valence-corrected chi connectivity index (χ4v) is 2.73. The maximum absolute atomic E-state index is 4.44. The van der Waals surface area contributed by atoms with Crippen molar-refractivity contribution < 1.29 is 0 Å². The predicted molar refractivity (Wildman–Crippen MR) is 106 cm³/mol. The van der Waals surface area contributed by atoms with Crippen LogP contribution in [-0.4, -0.2) is 9.97 Å². The lowest BCUT2D eigenvalue weighted by Crippen LogP contribution is -2.10. The molecule has 0 bridgehead atoms. The van der Waals surface area contributed by atoms with Crippen molar-refractivity contribution in [2.45, 2.75) is 26.2 Å². The molecule has 0 aliphatic rings. The molecule has 0 radical (unpaired) electrons. The van der Waals surface area contributed by atoms with Gasteiger partial charge in [-0.3, -0.25) is 0 Å². The van der Waals surface area contributed by atoms with Crippen LogP contribution in [0.5, 0.6) is 0 Å². The average molecular weight is 381 g/mol. The Kier molecular flexibility index (Phi) is 4.72. The Hall–Kier alpha value is -2.13. The molecule has 0 saturated heterocycles. The van der Waals surface area contributed by atoms with Crippen LogP contribution in [0, 0.1) is 0 Å². The van der Waals surface area contributed by atoms with Crippen LogP contribution < -0.4 is 0 Å². The number of nitrogens with one attached hydrogen (secondary N) is 1. The Bertz CT molecular complexity index is 835. The van der Waals surface area contributed by atoms with Crippen molar-refractivity contribution in [2.24, 2.45) is 0 Å². The third-order valence-electron chi connectivity index (χ3n) is 3.96. The Balaban J connectivity index is 1.76. The monoisotopic (exact) mass is 380 g/mol. The molecule has 0 aliphatic carbocycles. The van der Waals surface area contributed by atoms with E-state index < -0.39 is 0 Å². The van der Waals surface area contributed by atoms with Crippen molar-refractivity contribution in [2.75, 3.05) is 0 Å². The van der Waals surface area contributed by atoms with E-state index in [-0.39, 0.29) is 5.41 Å². The van der Waals surface area contributed by atoms with Crippen LogP contribution in [0.1, 0.15) is 37.7 Å². The summed E-state index contributed by atoms with van der Waals surface area (Å²) in [6.07, 6.45) is 5.93. The molecule has 1 heterocycles. The van der Waals surface area contributed by atoms with Crippen LogP contribution in [0.2, 0.25) is 0 Å².